The fraction of sp³-hybridized carbons (Fsp3) is 0. The molecule has 0 unspecified atom stereocenters. The van der Waals surface area contributed by atoms with Crippen molar-refractivity contribution in [1.82, 2.24) is 4.57 Å². The fourth-order valence-corrected chi connectivity index (χ4v) is 5.46. The van der Waals surface area contributed by atoms with E-state index in [0.29, 0.717) is 0 Å². The van der Waals surface area contributed by atoms with Crippen LogP contribution in [0.2, 0.25) is 0 Å². The molecule has 0 aliphatic rings. The molecule has 3 aromatic heterocycles. The van der Waals surface area contributed by atoms with E-state index in [0.717, 1.165) is 71.7 Å². The van der Waals surface area contributed by atoms with Crippen molar-refractivity contribution < 1.29 is 8.83 Å². The standard InChI is InChI=1S/C32H19NO2/c1-2-9-20(10-3-1)29-19-21-17-18-26-30(31(21)35-29)24-12-4-6-14-25(24)33(26)27-15-8-13-23-22-11-5-7-16-28(22)34-32(23)27/h1-19H. The van der Waals surface area contributed by atoms with Crippen LogP contribution >= 0.6 is 0 Å². The number of para-hydroxylation sites is 3. The molecule has 0 bridgehead atoms. The van der Waals surface area contributed by atoms with Crippen LogP contribution in [0.15, 0.2) is 124 Å². The number of rotatable bonds is 2. The maximum absolute atomic E-state index is 6.52. The van der Waals surface area contributed by atoms with Crippen LogP contribution in [0.1, 0.15) is 0 Å². The van der Waals surface area contributed by atoms with E-state index in [1.54, 1.807) is 0 Å². The van der Waals surface area contributed by atoms with Gasteiger partial charge in [-0.05, 0) is 36.4 Å². The third-order valence-corrected chi connectivity index (χ3v) is 7.00. The van der Waals surface area contributed by atoms with E-state index < -0.39 is 0 Å². The molecule has 8 rings (SSSR count). The molecule has 0 N–H and O–H groups in total. The molecule has 0 aliphatic heterocycles. The SMILES string of the molecule is c1ccc(-c2cc3ccc4c(c5ccccc5n4-c4cccc5c4oc4ccccc45)c3o2)cc1. The maximum atomic E-state index is 6.52. The van der Waals surface area contributed by atoms with Crippen molar-refractivity contribution in [2.24, 2.45) is 0 Å². The Morgan fingerprint density at radius 3 is 2.20 bits per heavy atom. The van der Waals surface area contributed by atoms with Crippen LogP contribution in [-0.4, -0.2) is 4.57 Å². The van der Waals surface area contributed by atoms with Gasteiger partial charge in [0.15, 0.2) is 5.58 Å². The minimum absolute atomic E-state index is 0.879. The summed E-state index contributed by atoms with van der Waals surface area (Å²) in [4.78, 5) is 0. The predicted molar refractivity (Wildman–Crippen MR) is 143 cm³/mol. The van der Waals surface area contributed by atoms with Crippen LogP contribution in [0.25, 0.3) is 71.7 Å². The first-order valence-electron chi connectivity index (χ1n) is 11.8. The molecule has 0 fully saturated rings. The smallest absolute Gasteiger partial charge is 0.159 e. The topological polar surface area (TPSA) is 31.2 Å². The summed E-state index contributed by atoms with van der Waals surface area (Å²) in [6.45, 7) is 0. The van der Waals surface area contributed by atoms with Crippen molar-refractivity contribution >= 4 is 54.7 Å². The summed E-state index contributed by atoms with van der Waals surface area (Å²) in [6, 6.07) is 39.9. The van der Waals surface area contributed by atoms with E-state index in [2.05, 4.69) is 89.5 Å². The molecule has 0 saturated heterocycles. The van der Waals surface area contributed by atoms with E-state index in [4.69, 9.17) is 8.83 Å². The molecule has 0 aliphatic carbocycles. The highest BCUT2D eigenvalue weighted by Crippen LogP contribution is 2.41. The Hall–Kier alpha value is -4.76. The van der Waals surface area contributed by atoms with E-state index in [-0.39, 0.29) is 0 Å². The highest BCUT2D eigenvalue weighted by atomic mass is 16.3. The van der Waals surface area contributed by atoms with E-state index >= 15 is 0 Å². The Balaban J connectivity index is 1.50. The van der Waals surface area contributed by atoms with Gasteiger partial charge in [-0.15, -0.1) is 0 Å². The third kappa shape index (κ3) is 2.55. The quantitative estimate of drug-likeness (QED) is 0.263. The molecule has 0 atom stereocenters. The third-order valence-electron chi connectivity index (χ3n) is 7.00. The van der Waals surface area contributed by atoms with Crippen molar-refractivity contribution in [3.05, 3.63) is 115 Å². The monoisotopic (exact) mass is 449 g/mol. The van der Waals surface area contributed by atoms with Gasteiger partial charge < -0.3 is 13.4 Å². The molecule has 0 spiro atoms. The summed E-state index contributed by atoms with van der Waals surface area (Å²) in [7, 11) is 0. The number of hydrogen-bond donors (Lipinski definition) is 0. The molecule has 5 aromatic carbocycles. The van der Waals surface area contributed by atoms with Gasteiger partial charge in [0.1, 0.15) is 16.9 Å². The highest BCUT2D eigenvalue weighted by Gasteiger charge is 2.20. The second-order valence-electron chi connectivity index (χ2n) is 8.96. The van der Waals surface area contributed by atoms with Crippen LogP contribution in [-0.2, 0) is 0 Å². The lowest BCUT2D eigenvalue weighted by molar-refractivity contribution is 0.635. The highest BCUT2D eigenvalue weighted by molar-refractivity contribution is 6.20. The number of aromatic nitrogens is 1. The van der Waals surface area contributed by atoms with Gasteiger partial charge >= 0.3 is 0 Å². The fourth-order valence-electron chi connectivity index (χ4n) is 5.46. The molecule has 3 heteroatoms. The Bertz CT molecular complexity index is 2050. The van der Waals surface area contributed by atoms with Crippen molar-refractivity contribution in [1.29, 1.82) is 0 Å². The van der Waals surface area contributed by atoms with Crippen LogP contribution in [0.3, 0.4) is 0 Å². The molecule has 0 amide bonds. The Morgan fingerprint density at radius 2 is 1.29 bits per heavy atom. The zero-order valence-electron chi connectivity index (χ0n) is 18.7. The average Bonchev–Trinajstić information content (AvgIpc) is 3.60. The second-order valence-corrected chi connectivity index (χ2v) is 8.96. The van der Waals surface area contributed by atoms with Crippen LogP contribution < -0.4 is 0 Å². The number of fused-ring (bicyclic) bond motifs is 8. The average molecular weight is 450 g/mol. The Kier molecular flexibility index (Phi) is 3.66. The van der Waals surface area contributed by atoms with E-state index in [1.165, 1.54) is 0 Å². The zero-order chi connectivity index (χ0) is 22.9. The Labute approximate surface area is 200 Å². The van der Waals surface area contributed by atoms with Gasteiger partial charge in [0.25, 0.3) is 0 Å². The normalized spacial score (nSPS) is 12.0. The number of furan rings is 2. The van der Waals surface area contributed by atoms with Gasteiger partial charge in [0.05, 0.1) is 22.1 Å². The molecule has 0 radical (unpaired) electrons. The van der Waals surface area contributed by atoms with E-state index in [9.17, 15) is 0 Å². The molecule has 164 valence electrons. The summed E-state index contributed by atoms with van der Waals surface area (Å²) >= 11 is 0. The summed E-state index contributed by atoms with van der Waals surface area (Å²) < 4.78 is 15.2. The number of nitrogens with zero attached hydrogens (tertiary/aromatic N) is 1. The summed E-state index contributed by atoms with van der Waals surface area (Å²) in [5.41, 5.74) is 7.03. The van der Waals surface area contributed by atoms with Crippen LogP contribution in [0.5, 0.6) is 0 Å². The second kappa shape index (κ2) is 6.87. The molecule has 3 nitrogen and oxygen atoms in total. The molecular weight excluding hydrogens is 430 g/mol. The van der Waals surface area contributed by atoms with Gasteiger partial charge in [-0.1, -0.05) is 78.9 Å². The lowest BCUT2D eigenvalue weighted by atomic mass is 10.1. The first-order chi connectivity index (χ1) is 17.4. The maximum Gasteiger partial charge on any atom is 0.159 e. The molecule has 3 heterocycles. The van der Waals surface area contributed by atoms with Crippen LogP contribution in [0, 0.1) is 0 Å². The lowest BCUT2D eigenvalue weighted by Crippen LogP contribution is -1.94. The van der Waals surface area contributed by atoms with Gasteiger partial charge in [-0.2, -0.15) is 0 Å². The molecule has 0 saturated carbocycles. The predicted octanol–water partition coefficient (Wildman–Crippen LogP) is 9.10. The van der Waals surface area contributed by atoms with Gasteiger partial charge in [0, 0.05) is 27.1 Å². The minimum atomic E-state index is 0.879. The molecular formula is C32H19NO2. The van der Waals surface area contributed by atoms with Gasteiger partial charge in [-0.25, -0.2) is 0 Å². The largest absolute Gasteiger partial charge is 0.455 e. The van der Waals surface area contributed by atoms with Gasteiger partial charge in [0.2, 0.25) is 0 Å². The summed E-state index contributed by atoms with van der Waals surface area (Å²) in [5.74, 6) is 0.879. The summed E-state index contributed by atoms with van der Waals surface area (Å²) in [5, 5.41) is 5.63. The number of hydrogen-bond acceptors (Lipinski definition) is 2. The lowest BCUT2D eigenvalue weighted by Gasteiger charge is -2.08. The van der Waals surface area contributed by atoms with Crippen molar-refractivity contribution in [2.45, 2.75) is 0 Å². The summed E-state index contributed by atoms with van der Waals surface area (Å²) in [6.07, 6.45) is 0. The van der Waals surface area contributed by atoms with Crippen molar-refractivity contribution in [3.8, 4) is 17.0 Å². The Morgan fingerprint density at radius 1 is 0.514 bits per heavy atom. The molecule has 35 heavy (non-hydrogen) atoms. The van der Waals surface area contributed by atoms with Crippen molar-refractivity contribution in [3.63, 3.8) is 0 Å². The molecule has 8 aromatic rings. The van der Waals surface area contributed by atoms with Crippen molar-refractivity contribution in [2.75, 3.05) is 0 Å². The first kappa shape index (κ1) is 18.6. The van der Waals surface area contributed by atoms with E-state index in [1.807, 2.05) is 30.3 Å². The van der Waals surface area contributed by atoms with Crippen LogP contribution in [0.4, 0.5) is 0 Å². The minimum Gasteiger partial charge on any atom is -0.455 e. The first-order valence-corrected chi connectivity index (χ1v) is 11.8. The van der Waals surface area contributed by atoms with Gasteiger partial charge in [-0.3, -0.25) is 0 Å². The number of benzene rings is 5. The zero-order valence-corrected chi connectivity index (χ0v) is 18.7.